The Bertz CT molecular complexity index is 450. The van der Waals surface area contributed by atoms with Crippen LogP contribution in [0.4, 0.5) is 4.39 Å². The predicted molar refractivity (Wildman–Crippen MR) is 86.1 cm³/mol. The van der Waals surface area contributed by atoms with Crippen LogP contribution >= 0.6 is 15.9 Å². The van der Waals surface area contributed by atoms with Gasteiger partial charge in [-0.3, -0.25) is 0 Å². The van der Waals surface area contributed by atoms with Crippen LogP contribution in [0.25, 0.3) is 0 Å². The normalized spacial score (nSPS) is 27.0. The minimum atomic E-state index is -0.113. The Hall–Kier alpha value is -0.410. The molecule has 0 spiro atoms. The van der Waals surface area contributed by atoms with Crippen LogP contribution in [0, 0.1) is 23.1 Å². The molecule has 3 heteroatoms. The molecule has 0 atom stereocenters. The van der Waals surface area contributed by atoms with Crippen molar-refractivity contribution >= 4 is 15.9 Å². The molecule has 0 radical (unpaired) electrons. The Morgan fingerprint density at radius 1 is 1.35 bits per heavy atom. The van der Waals surface area contributed by atoms with Crippen LogP contribution in [-0.4, -0.2) is 6.54 Å². The first-order chi connectivity index (χ1) is 9.46. The van der Waals surface area contributed by atoms with Gasteiger partial charge in [0.2, 0.25) is 0 Å². The minimum absolute atomic E-state index is 0.0973. The molecular formula is C17H25BrFN. The Morgan fingerprint density at radius 2 is 2.00 bits per heavy atom. The maximum Gasteiger partial charge on any atom is 0.127 e. The lowest BCUT2D eigenvalue weighted by Gasteiger charge is -2.41. The van der Waals surface area contributed by atoms with E-state index in [1.54, 1.807) is 6.07 Å². The van der Waals surface area contributed by atoms with E-state index in [2.05, 4.69) is 29.8 Å². The lowest BCUT2D eigenvalue weighted by molar-refractivity contribution is 0.131. The van der Waals surface area contributed by atoms with Gasteiger partial charge in [0.25, 0.3) is 0 Å². The van der Waals surface area contributed by atoms with Crippen molar-refractivity contribution in [1.29, 1.82) is 0 Å². The summed E-state index contributed by atoms with van der Waals surface area (Å²) in [6.07, 6.45) is 5.48. The molecule has 0 heterocycles. The Balaban J connectivity index is 2.09. The van der Waals surface area contributed by atoms with Gasteiger partial charge in [0, 0.05) is 4.47 Å². The number of rotatable bonds is 4. The molecular weight excluding hydrogens is 317 g/mol. The fourth-order valence-corrected chi connectivity index (χ4v) is 3.77. The van der Waals surface area contributed by atoms with E-state index in [0.717, 1.165) is 41.1 Å². The van der Waals surface area contributed by atoms with Crippen LogP contribution in [0.1, 0.15) is 45.1 Å². The molecule has 1 nitrogen and oxygen atoms in total. The second-order valence-corrected chi connectivity index (χ2v) is 7.61. The SMILES string of the molecule is CC(C)C1CCC(CN)(Cc2ccc(Br)cc2F)CC1. The molecule has 0 saturated heterocycles. The molecule has 2 rings (SSSR count). The lowest BCUT2D eigenvalue weighted by atomic mass is 9.65. The zero-order chi connectivity index (χ0) is 14.8. The first kappa shape index (κ1) is 16.0. The van der Waals surface area contributed by atoms with Crippen molar-refractivity contribution in [2.75, 3.05) is 6.54 Å². The van der Waals surface area contributed by atoms with Gasteiger partial charge < -0.3 is 5.73 Å². The summed E-state index contributed by atoms with van der Waals surface area (Å²) in [4.78, 5) is 0. The zero-order valence-corrected chi connectivity index (χ0v) is 14.0. The molecule has 0 unspecified atom stereocenters. The van der Waals surface area contributed by atoms with E-state index in [4.69, 9.17) is 5.73 Å². The van der Waals surface area contributed by atoms with E-state index < -0.39 is 0 Å². The Kier molecular flexibility index (Phi) is 5.25. The monoisotopic (exact) mass is 341 g/mol. The lowest BCUT2D eigenvalue weighted by Crippen LogP contribution is -2.37. The Morgan fingerprint density at radius 3 is 2.50 bits per heavy atom. The minimum Gasteiger partial charge on any atom is -0.330 e. The van der Waals surface area contributed by atoms with E-state index in [9.17, 15) is 4.39 Å². The highest BCUT2D eigenvalue weighted by Gasteiger charge is 2.35. The standard InChI is InChI=1S/C17H25BrFN/c1-12(2)13-5-7-17(11-20,8-6-13)10-14-3-4-15(18)9-16(14)19/h3-4,9,12-13H,5-8,10-11,20H2,1-2H3. The molecule has 1 aromatic rings. The molecule has 1 aliphatic carbocycles. The van der Waals surface area contributed by atoms with Crippen molar-refractivity contribution in [1.82, 2.24) is 0 Å². The summed E-state index contributed by atoms with van der Waals surface area (Å²) in [5.41, 5.74) is 6.96. The summed E-state index contributed by atoms with van der Waals surface area (Å²) < 4.78 is 14.8. The van der Waals surface area contributed by atoms with Crippen LogP contribution in [0.5, 0.6) is 0 Å². The molecule has 0 amide bonds. The van der Waals surface area contributed by atoms with E-state index in [-0.39, 0.29) is 11.2 Å². The number of hydrogen-bond acceptors (Lipinski definition) is 1. The molecule has 1 saturated carbocycles. The topological polar surface area (TPSA) is 26.0 Å². The summed E-state index contributed by atoms with van der Waals surface area (Å²) in [5, 5.41) is 0. The van der Waals surface area contributed by atoms with Crippen molar-refractivity contribution < 1.29 is 4.39 Å². The first-order valence-electron chi connectivity index (χ1n) is 7.60. The smallest absolute Gasteiger partial charge is 0.127 e. The van der Waals surface area contributed by atoms with Crippen LogP contribution in [0.2, 0.25) is 0 Å². The third-order valence-corrected chi connectivity index (χ3v) is 5.54. The maximum absolute atomic E-state index is 14.0. The highest BCUT2D eigenvalue weighted by atomic mass is 79.9. The van der Waals surface area contributed by atoms with Crippen molar-refractivity contribution in [2.24, 2.45) is 23.0 Å². The summed E-state index contributed by atoms with van der Waals surface area (Å²) in [7, 11) is 0. The second-order valence-electron chi connectivity index (χ2n) is 6.70. The second kappa shape index (κ2) is 6.57. The largest absolute Gasteiger partial charge is 0.330 e. The van der Waals surface area contributed by atoms with E-state index in [1.165, 1.54) is 12.8 Å². The van der Waals surface area contributed by atoms with Crippen molar-refractivity contribution in [3.63, 3.8) is 0 Å². The fraction of sp³-hybridized carbons (Fsp3) is 0.647. The van der Waals surface area contributed by atoms with Gasteiger partial charge in [-0.25, -0.2) is 4.39 Å². The number of hydrogen-bond donors (Lipinski definition) is 1. The van der Waals surface area contributed by atoms with Gasteiger partial charge >= 0.3 is 0 Å². The number of halogens is 2. The van der Waals surface area contributed by atoms with Crippen molar-refractivity contribution in [3.8, 4) is 0 Å². The summed E-state index contributed by atoms with van der Waals surface area (Å²) in [6.45, 7) is 5.26. The molecule has 1 aromatic carbocycles. The molecule has 20 heavy (non-hydrogen) atoms. The first-order valence-corrected chi connectivity index (χ1v) is 8.39. The molecule has 0 aliphatic heterocycles. The summed E-state index contributed by atoms with van der Waals surface area (Å²) in [5.74, 6) is 1.44. The third-order valence-electron chi connectivity index (χ3n) is 5.05. The average Bonchev–Trinajstić information content (AvgIpc) is 2.42. The van der Waals surface area contributed by atoms with Crippen LogP contribution in [0.15, 0.2) is 22.7 Å². The number of benzene rings is 1. The molecule has 0 bridgehead atoms. The van der Waals surface area contributed by atoms with Gasteiger partial charge in [0.15, 0.2) is 0 Å². The molecule has 2 N–H and O–H groups in total. The number of nitrogens with two attached hydrogens (primary N) is 1. The van der Waals surface area contributed by atoms with E-state index >= 15 is 0 Å². The highest BCUT2D eigenvalue weighted by Crippen LogP contribution is 2.43. The zero-order valence-electron chi connectivity index (χ0n) is 12.5. The Labute approximate surface area is 130 Å². The van der Waals surface area contributed by atoms with Crippen LogP contribution in [0.3, 0.4) is 0 Å². The van der Waals surface area contributed by atoms with E-state index in [0.29, 0.717) is 6.54 Å². The van der Waals surface area contributed by atoms with Gasteiger partial charge in [0.05, 0.1) is 0 Å². The van der Waals surface area contributed by atoms with Gasteiger partial charge in [0.1, 0.15) is 5.82 Å². The quantitative estimate of drug-likeness (QED) is 0.826. The van der Waals surface area contributed by atoms with Gasteiger partial charge in [-0.05, 0) is 73.6 Å². The van der Waals surface area contributed by atoms with Gasteiger partial charge in [-0.15, -0.1) is 0 Å². The summed E-state index contributed by atoms with van der Waals surface area (Å²) in [6, 6.07) is 5.37. The average molecular weight is 342 g/mol. The molecule has 112 valence electrons. The van der Waals surface area contributed by atoms with E-state index in [1.807, 2.05) is 12.1 Å². The molecule has 1 fully saturated rings. The fourth-order valence-electron chi connectivity index (χ4n) is 3.44. The molecule has 1 aliphatic rings. The highest BCUT2D eigenvalue weighted by molar-refractivity contribution is 9.10. The summed E-state index contributed by atoms with van der Waals surface area (Å²) >= 11 is 3.31. The van der Waals surface area contributed by atoms with Crippen molar-refractivity contribution in [3.05, 3.63) is 34.1 Å². The predicted octanol–water partition coefficient (Wildman–Crippen LogP) is 4.92. The van der Waals surface area contributed by atoms with Crippen LogP contribution in [-0.2, 0) is 6.42 Å². The maximum atomic E-state index is 14.0. The van der Waals surface area contributed by atoms with Gasteiger partial charge in [-0.2, -0.15) is 0 Å². The van der Waals surface area contributed by atoms with Crippen molar-refractivity contribution in [2.45, 2.75) is 46.0 Å². The molecule has 0 aromatic heterocycles. The third kappa shape index (κ3) is 3.62. The van der Waals surface area contributed by atoms with Gasteiger partial charge in [-0.1, -0.05) is 35.8 Å². The van der Waals surface area contributed by atoms with Crippen LogP contribution < -0.4 is 5.73 Å².